The molecule has 0 saturated carbocycles. The molecule has 2 rings (SSSR count). The summed E-state index contributed by atoms with van der Waals surface area (Å²) >= 11 is 0. The van der Waals surface area contributed by atoms with E-state index >= 15 is 0 Å². The first kappa shape index (κ1) is 9.92. The van der Waals surface area contributed by atoms with Gasteiger partial charge in [0.15, 0.2) is 5.65 Å². The van der Waals surface area contributed by atoms with Crippen LogP contribution in [0, 0.1) is 0 Å². The molecule has 0 aliphatic rings. The first-order chi connectivity index (χ1) is 7.28. The summed E-state index contributed by atoms with van der Waals surface area (Å²) in [6.45, 7) is 4.13. The molecule has 2 aromatic heterocycles. The van der Waals surface area contributed by atoms with Crippen molar-refractivity contribution >= 4 is 11.5 Å². The molecule has 0 fully saturated rings. The number of nitrogens with zero attached hydrogens (tertiary/aromatic N) is 3. The van der Waals surface area contributed by atoms with Crippen LogP contribution in [0.25, 0.3) is 5.65 Å². The molecule has 0 bridgehead atoms. The van der Waals surface area contributed by atoms with E-state index in [0.29, 0.717) is 0 Å². The first-order valence-electron chi connectivity index (χ1n) is 5.13. The smallest absolute Gasteiger partial charge is 0.157 e. The molecule has 15 heavy (non-hydrogen) atoms. The van der Waals surface area contributed by atoms with E-state index in [4.69, 9.17) is 5.84 Å². The van der Waals surface area contributed by atoms with Crippen molar-refractivity contribution in [2.75, 3.05) is 5.43 Å². The van der Waals surface area contributed by atoms with E-state index < -0.39 is 0 Å². The van der Waals surface area contributed by atoms with Crippen LogP contribution in [0.2, 0.25) is 0 Å². The molecule has 0 spiro atoms. The molecule has 0 aromatic carbocycles. The third-order valence-electron chi connectivity index (χ3n) is 2.40. The van der Waals surface area contributed by atoms with Gasteiger partial charge in [0.25, 0.3) is 0 Å². The van der Waals surface area contributed by atoms with Crippen LogP contribution in [0.3, 0.4) is 0 Å². The first-order valence-corrected chi connectivity index (χ1v) is 5.13. The summed E-state index contributed by atoms with van der Waals surface area (Å²) in [6.07, 6.45) is 1.78. The van der Waals surface area contributed by atoms with E-state index in [0.717, 1.165) is 35.7 Å². The normalized spacial score (nSPS) is 10.9. The lowest BCUT2D eigenvalue weighted by Crippen LogP contribution is -2.12. The summed E-state index contributed by atoms with van der Waals surface area (Å²) in [5.41, 5.74) is 5.52. The lowest BCUT2D eigenvalue weighted by atomic mass is 10.3. The fourth-order valence-corrected chi connectivity index (χ4v) is 1.53. The van der Waals surface area contributed by atoms with Crippen LogP contribution in [-0.4, -0.2) is 14.6 Å². The van der Waals surface area contributed by atoms with Crippen molar-refractivity contribution in [1.29, 1.82) is 0 Å². The highest BCUT2D eigenvalue weighted by Gasteiger charge is 2.06. The second kappa shape index (κ2) is 3.86. The zero-order valence-electron chi connectivity index (χ0n) is 8.99. The van der Waals surface area contributed by atoms with Crippen LogP contribution >= 0.6 is 0 Å². The molecule has 5 heteroatoms. The van der Waals surface area contributed by atoms with Gasteiger partial charge in [0, 0.05) is 17.8 Å². The second-order valence-electron chi connectivity index (χ2n) is 3.39. The van der Waals surface area contributed by atoms with Crippen LogP contribution < -0.4 is 11.3 Å². The van der Waals surface area contributed by atoms with E-state index in [1.54, 1.807) is 4.52 Å². The van der Waals surface area contributed by atoms with Gasteiger partial charge in [-0.15, -0.1) is 0 Å². The van der Waals surface area contributed by atoms with Crippen molar-refractivity contribution in [2.45, 2.75) is 26.7 Å². The Bertz CT molecular complexity index is 474. The van der Waals surface area contributed by atoms with Gasteiger partial charge >= 0.3 is 0 Å². The topological polar surface area (TPSA) is 68.2 Å². The Morgan fingerprint density at radius 2 is 2.00 bits per heavy atom. The van der Waals surface area contributed by atoms with Crippen molar-refractivity contribution in [3.8, 4) is 0 Å². The Labute approximate surface area is 88.3 Å². The highest BCUT2D eigenvalue weighted by Crippen LogP contribution is 2.13. The number of hydrogen-bond acceptors (Lipinski definition) is 4. The number of anilines is 1. The summed E-state index contributed by atoms with van der Waals surface area (Å²) < 4.78 is 1.73. The van der Waals surface area contributed by atoms with Gasteiger partial charge in [-0.25, -0.2) is 10.8 Å². The van der Waals surface area contributed by atoms with E-state index in [9.17, 15) is 0 Å². The van der Waals surface area contributed by atoms with E-state index in [1.807, 2.05) is 12.1 Å². The molecular weight excluding hydrogens is 190 g/mol. The van der Waals surface area contributed by atoms with Crippen LogP contribution in [-0.2, 0) is 12.8 Å². The predicted molar refractivity (Wildman–Crippen MR) is 59.6 cm³/mol. The SMILES string of the molecule is CCc1cc(NN)n2nc(CC)cc2n1. The summed E-state index contributed by atoms with van der Waals surface area (Å²) in [7, 11) is 0. The quantitative estimate of drug-likeness (QED) is 0.582. The number of nitrogens with one attached hydrogen (secondary N) is 1. The molecule has 80 valence electrons. The largest absolute Gasteiger partial charge is 0.308 e. The molecule has 2 heterocycles. The minimum absolute atomic E-state index is 0.775. The maximum absolute atomic E-state index is 5.45. The maximum Gasteiger partial charge on any atom is 0.157 e. The lowest BCUT2D eigenvalue weighted by Gasteiger charge is -2.05. The molecule has 2 aromatic rings. The third-order valence-corrected chi connectivity index (χ3v) is 2.40. The Balaban J connectivity index is 2.66. The molecule has 0 amide bonds. The van der Waals surface area contributed by atoms with Gasteiger partial charge in [-0.3, -0.25) is 0 Å². The Morgan fingerprint density at radius 3 is 2.60 bits per heavy atom. The average molecular weight is 205 g/mol. The molecule has 0 aliphatic carbocycles. The minimum Gasteiger partial charge on any atom is -0.308 e. The summed E-state index contributed by atoms with van der Waals surface area (Å²) in [4.78, 5) is 4.48. The van der Waals surface area contributed by atoms with Crippen LogP contribution in [0.1, 0.15) is 25.2 Å². The van der Waals surface area contributed by atoms with Crippen molar-refractivity contribution in [1.82, 2.24) is 14.6 Å². The molecule has 0 radical (unpaired) electrons. The van der Waals surface area contributed by atoms with E-state index in [1.165, 1.54) is 0 Å². The zero-order valence-corrected chi connectivity index (χ0v) is 8.99. The van der Waals surface area contributed by atoms with Crippen LogP contribution in [0.5, 0.6) is 0 Å². The molecule has 3 N–H and O–H groups in total. The Kier molecular flexibility index (Phi) is 2.55. The fraction of sp³-hybridized carbons (Fsp3) is 0.400. The van der Waals surface area contributed by atoms with Gasteiger partial charge < -0.3 is 5.43 Å². The Hall–Kier alpha value is -1.62. The van der Waals surface area contributed by atoms with Crippen molar-refractivity contribution in [2.24, 2.45) is 5.84 Å². The van der Waals surface area contributed by atoms with Crippen molar-refractivity contribution in [3.63, 3.8) is 0 Å². The van der Waals surface area contributed by atoms with Gasteiger partial charge in [-0.05, 0) is 12.8 Å². The fourth-order valence-electron chi connectivity index (χ4n) is 1.53. The monoisotopic (exact) mass is 205 g/mol. The standard InChI is InChI=1S/C10H15N5/c1-3-7-5-10(13-11)15-9(12-7)6-8(4-2)14-15/h5-6,13H,3-4,11H2,1-2H3. The predicted octanol–water partition coefficient (Wildman–Crippen LogP) is 1.14. The molecular formula is C10H15N5. The highest BCUT2D eigenvalue weighted by molar-refractivity contribution is 5.50. The maximum atomic E-state index is 5.45. The average Bonchev–Trinajstić information content (AvgIpc) is 2.70. The highest BCUT2D eigenvalue weighted by atomic mass is 15.4. The summed E-state index contributed by atoms with van der Waals surface area (Å²) in [6, 6.07) is 3.90. The molecule has 0 atom stereocenters. The number of hydrazine groups is 1. The number of nitrogens with two attached hydrogens (primary N) is 1. The molecule has 0 saturated heterocycles. The number of nitrogen functional groups attached to an aromatic ring is 1. The number of hydrogen-bond donors (Lipinski definition) is 2. The minimum atomic E-state index is 0.775. The molecule has 0 aliphatic heterocycles. The number of aromatic nitrogens is 3. The van der Waals surface area contributed by atoms with E-state index in [2.05, 4.69) is 29.4 Å². The van der Waals surface area contributed by atoms with Crippen LogP contribution in [0.15, 0.2) is 12.1 Å². The van der Waals surface area contributed by atoms with Gasteiger partial charge in [0.1, 0.15) is 5.82 Å². The Morgan fingerprint density at radius 1 is 1.27 bits per heavy atom. The van der Waals surface area contributed by atoms with Crippen molar-refractivity contribution in [3.05, 3.63) is 23.5 Å². The van der Waals surface area contributed by atoms with E-state index in [-0.39, 0.29) is 0 Å². The van der Waals surface area contributed by atoms with Crippen molar-refractivity contribution < 1.29 is 0 Å². The molecule has 0 unspecified atom stereocenters. The summed E-state index contributed by atoms with van der Waals surface area (Å²) in [5, 5.41) is 4.39. The van der Waals surface area contributed by atoms with Gasteiger partial charge in [0.2, 0.25) is 0 Å². The number of rotatable bonds is 3. The number of aryl methyl sites for hydroxylation is 2. The van der Waals surface area contributed by atoms with Gasteiger partial charge in [0.05, 0.1) is 5.69 Å². The zero-order chi connectivity index (χ0) is 10.8. The number of fused-ring (bicyclic) bond motifs is 1. The van der Waals surface area contributed by atoms with Gasteiger partial charge in [-0.1, -0.05) is 13.8 Å². The second-order valence-corrected chi connectivity index (χ2v) is 3.39. The molecule has 5 nitrogen and oxygen atoms in total. The summed E-state index contributed by atoms with van der Waals surface area (Å²) in [5.74, 6) is 6.23. The van der Waals surface area contributed by atoms with Crippen LogP contribution in [0.4, 0.5) is 5.82 Å². The third kappa shape index (κ3) is 1.66. The lowest BCUT2D eigenvalue weighted by molar-refractivity contribution is 0.874. The van der Waals surface area contributed by atoms with Gasteiger partial charge in [-0.2, -0.15) is 9.61 Å².